The second kappa shape index (κ2) is 5.46. The first kappa shape index (κ1) is 14.9. The summed E-state index contributed by atoms with van der Waals surface area (Å²) < 4.78 is 28.9. The Bertz CT molecular complexity index is 818. The van der Waals surface area contributed by atoms with E-state index in [4.69, 9.17) is 11.6 Å². The molecule has 0 saturated carbocycles. The number of hydrogen-bond acceptors (Lipinski definition) is 4. The Labute approximate surface area is 139 Å². The van der Waals surface area contributed by atoms with Gasteiger partial charge < -0.3 is 5.32 Å². The van der Waals surface area contributed by atoms with Crippen LogP contribution >= 0.6 is 22.9 Å². The highest BCUT2D eigenvalue weighted by molar-refractivity contribution is 7.91. The van der Waals surface area contributed by atoms with Crippen molar-refractivity contribution in [1.82, 2.24) is 9.62 Å². The Kier molecular flexibility index (Phi) is 3.70. The van der Waals surface area contributed by atoms with E-state index in [-0.39, 0.29) is 0 Å². The van der Waals surface area contributed by atoms with E-state index in [0.717, 1.165) is 22.9 Å². The zero-order chi connectivity index (χ0) is 15.3. The van der Waals surface area contributed by atoms with Crippen LogP contribution in [0.15, 0.2) is 28.5 Å². The van der Waals surface area contributed by atoms with E-state index in [1.54, 1.807) is 16.4 Å². The van der Waals surface area contributed by atoms with Crippen molar-refractivity contribution < 1.29 is 8.42 Å². The number of benzene rings is 1. The van der Waals surface area contributed by atoms with Gasteiger partial charge in [-0.1, -0.05) is 11.6 Å². The molecule has 2 atom stereocenters. The molecule has 2 aliphatic heterocycles. The maximum Gasteiger partial charge on any atom is 0.252 e. The molecule has 22 heavy (non-hydrogen) atoms. The predicted octanol–water partition coefficient (Wildman–Crippen LogP) is 3.07. The Hall–Kier alpha value is -0.660. The van der Waals surface area contributed by atoms with Crippen molar-refractivity contribution in [3.63, 3.8) is 0 Å². The fourth-order valence-electron chi connectivity index (χ4n) is 3.37. The van der Waals surface area contributed by atoms with Crippen LogP contribution in [0.4, 0.5) is 0 Å². The van der Waals surface area contributed by atoms with Crippen LogP contribution < -0.4 is 5.32 Å². The fourth-order valence-corrected chi connectivity index (χ4v) is 6.59. The molecule has 1 N–H and O–H groups in total. The third-order valence-corrected chi connectivity index (χ3v) is 8.20. The predicted molar refractivity (Wildman–Crippen MR) is 90.2 cm³/mol. The van der Waals surface area contributed by atoms with Crippen molar-refractivity contribution in [3.8, 4) is 0 Å². The lowest BCUT2D eigenvalue weighted by atomic mass is 10.1. The molecule has 0 amide bonds. The van der Waals surface area contributed by atoms with Crippen LogP contribution in [0.5, 0.6) is 0 Å². The van der Waals surface area contributed by atoms with Gasteiger partial charge in [0.05, 0.1) is 0 Å². The van der Waals surface area contributed by atoms with Crippen molar-refractivity contribution in [2.24, 2.45) is 0 Å². The fraction of sp³-hybridized carbons (Fsp3) is 0.467. The molecule has 0 radical (unpaired) electrons. The molecule has 2 aromatic rings. The highest BCUT2D eigenvalue weighted by atomic mass is 35.5. The van der Waals surface area contributed by atoms with E-state index >= 15 is 0 Å². The first-order valence-electron chi connectivity index (χ1n) is 7.48. The van der Waals surface area contributed by atoms with Crippen LogP contribution in [0.3, 0.4) is 0 Å². The molecule has 2 aliphatic rings. The highest BCUT2D eigenvalue weighted by Gasteiger charge is 2.35. The molecular weight excluding hydrogens is 340 g/mol. The molecule has 1 aromatic carbocycles. The topological polar surface area (TPSA) is 49.4 Å². The summed E-state index contributed by atoms with van der Waals surface area (Å²) in [6.45, 7) is 1.18. The summed E-state index contributed by atoms with van der Waals surface area (Å²) in [5.74, 6) is 0. The van der Waals surface area contributed by atoms with Gasteiger partial charge in [-0.15, -0.1) is 11.3 Å². The van der Waals surface area contributed by atoms with Crippen molar-refractivity contribution in [2.75, 3.05) is 13.1 Å². The van der Waals surface area contributed by atoms with Gasteiger partial charge in [0, 0.05) is 34.9 Å². The number of sulfonamides is 1. The van der Waals surface area contributed by atoms with Gasteiger partial charge in [-0.25, -0.2) is 8.42 Å². The molecule has 2 saturated heterocycles. The second-order valence-corrected chi connectivity index (χ2v) is 9.72. The summed E-state index contributed by atoms with van der Waals surface area (Å²) in [6, 6.07) is 8.02. The van der Waals surface area contributed by atoms with Crippen molar-refractivity contribution in [1.29, 1.82) is 0 Å². The monoisotopic (exact) mass is 356 g/mol. The zero-order valence-corrected chi connectivity index (χ0v) is 14.3. The van der Waals surface area contributed by atoms with E-state index in [0.29, 0.717) is 34.4 Å². The Balaban J connectivity index is 1.69. The van der Waals surface area contributed by atoms with Gasteiger partial charge in [0.2, 0.25) is 0 Å². The second-order valence-electron chi connectivity index (χ2n) is 6.04. The van der Waals surface area contributed by atoms with E-state index < -0.39 is 10.0 Å². The summed E-state index contributed by atoms with van der Waals surface area (Å²) in [4.78, 5) is 0. The summed E-state index contributed by atoms with van der Waals surface area (Å²) >= 11 is 7.32. The van der Waals surface area contributed by atoms with E-state index in [9.17, 15) is 8.42 Å². The summed E-state index contributed by atoms with van der Waals surface area (Å²) in [5, 5.41) is 5.04. The minimum atomic E-state index is -3.41. The molecule has 2 unspecified atom stereocenters. The Morgan fingerprint density at radius 1 is 1.18 bits per heavy atom. The van der Waals surface area contributed by atoms with Gasteiger partial charge in [0.1, 0.15) is 4.21 Å². The van der Waals surface area contributed by atoms with Gasteiger partial charge in [-0.3, -0.25) is 0 Å². The molecule has 1 aromatic heterocycles. The molecule has 0 spiro atoms. The van der Waals surface area contributed by atoms with Crippen LogP contribution in [-0.2, 0) is 10.0 Å². The molecule has 4 nitrogen and oxygen atoms in total. The van der Waals surface area contributed by atoms with Crippen LogP contribution in [0.1, 0.15) is 19.3 Å². The number of nitrogens with one attached hydrogen (secondary N) is 1. The van der Waals surface area contributed by atoms with Crippen LogP contribution in [0, 0.1) is 0 Å². The first-order chi connectivity index (χ1) is 10.5. The quantitative estimate of drug-likeness (QED) is 0.899. The number of thiophene rings is 1. The molecule has 7 heteroatoms. The molecule has 0 aliphatic carbocycles. The number of halogens is 1. The SMILES string of the molecule is O=S(=O)(c1cc2cc(Cl)ccc2s1)N1CCC2CCC(C1)N2. The van der Waals surface area contributed by atoms with E-state index in [1.165, 1.54) is 17.8 Å². The van der Waals surface area contributed by atoms with Crippen molar-refractivity contribution in [3.05, 3.63) is 29.3 Å². The van der Waals surface area contributed by atoms with Crippen molar-refractivity contribution in [2.45, 2.75) is 35.6 Å². The van der Waals surface area contributed by atoms with Gasteiger partial charge in [0.25, 0.3) is 10.0 Å². The minimum Gasteiger partial charge on any atom is -0.310 e. The number of fused-ring (bicyclic) bond motifs is 3. The Morgan fingerprint density at radius 2 is 2.00 bits per heavy atom. The van der Waals surface area contributed by atoms with Crippen LogP contribution in [0.25, 0.3) is 10.1 Å². The third kappa shape index (κ3) is 2.57. The summed E-state index contributed by atoms with van der Waals surface area (Å²) in [7, 11) is -3.41. The lowest BCUT2D eigenvalue weighted by molar-refractivity contribution is 0.384. The highest BCUT2D eigenvalue weighted by Crippen LogP contribution is 2.33. The van der Waals surface area contributed by atoms with Crippen molar-refractivity contribution >= 4 is 43.0 Å². The van der Waals surface area contributed by atoms with E-state index in [2.05, 4.69) is 5.32 Å². The maximum atomic E-state index is 12.9. The van der Waals surface area contributed by atoms with Crippen LogP contribution in [0.2, 0.25) is 5.02 Å². The van der Waals surface area contributed by atoms with Gasteiger partial charge >= 0.3 is 0 Å². The standard InChI is InChI=1S/C15H17ClN2O2S2/c16-11-1-4-14-10(7-11)8-15(21-14)22(19,20)18-6-5-12-2-3-13(9-18)17-12/h1,4,7-8,12-13,17H,2-3,5-6,9H2. The van der Waals surface area contributed by atoms with Gasteiger partial charge in [0.15, 0.2) is 0 Å². The largest absolute Gasteiger partial charge is 0.310 e. The normalized spacial score (nSPS) is 26.4. The smallest absolute Gasteiger partial charge is 0.252 e. The maximum absolute atomic E-state index is 12.9. The summed E-state index contributed by atoms with van der Waals surface area (Å²) in [5.41, 5.74) is 0. The number of nitrogens with zero attached hydrogens (tertiary/aromatic N) is 1. The van der Waals surface area contributed by atoms with Gasteiger partial charge in [-0.2, -0.15) is 4.31 Å². The molecule has 4 rings (SSSR count). The molecule has 2 bridgehead atoms. The lowest BCUT2D eigenvalue weighted by Crippen LogP contribution is -2.38. The van der Waals surface area contributed by atoms with Gasteiger partial charge in [-0.05, 0) is 48.9 Å². The molecular formula is C15H17ClN2O2S2. The number of hydrogen-bond donors (Lipinski definition) is 1. The summed E-state index contributed by atoms with van der Waals surface area (Å²) in [6.07, 6.45) is 3.13. The molecule has 3 heterocycles. The lowest BCUT2D eigenvalue weighted by Gasteiger charge is -2.22. The minimum absolute atomic E-state index is 0.297. The van der Waals surface area contributed by atoms with Crippen LogP contribution in [-0.4, -0.2) is 37.9 Å². The Morgan fingerprint density at radius 3 is 2.86 bits per heavy atom. The number of rotatable bonds is 2. The zero-order valence-electron chi connectivity index (χ0n) is 12.0. The van der Waals surface area contributed by atoms with E-state index in [1.807, 2.05) is 12.1 Å². The molecule has 118 valence electrons. The average Bonchev–Trinajstić information content (AvgIpc) is 3.01. The average molecular weight is 357 g/mol. The first-order valence-corrected chi connectivity index (χ1v) is 10.1. The third-order valence-electron chi connectivity index (χ3n) is 4.54. The molecule has 2 fully saturated rings.